The molecule has 0 unspecified atom stereocenters. The molecule has 1 aliphatic carbocycles. The van der Waals surface area contributed by atoms with Gasteiger partial charge < -0.3 is 25.3 Å². The van der Waals surface area contributed by atoms with Crippen LogP contribution in [0.25, 0.3) is 6.08 Å². The molecule has 9 heteroatoms. The smallest absolute Gasteiger partial charge is 0.335 e. The minimum absolute atomic E-state index is 0.0245. The number of carboxylic acid groups (broad SMARTS) is 2. The van der Waals surface area contributed by atoms with Crippen molar-refractivity contribution < 1.29 is 34.8 Å². The van der Waals surface area contributed by atoms with Crippen LogP contribution in [-0.2, 0) is 25.5 Å². The van der Waals surface area contributed by atoms with E-state index >= 15 is 0 Å². The van der Waals surface area contributed by atoms with Crippen LogP contribution in [0.4, 0.5) is 0 Å². The molecule has 0 saturated heterocycles. The molecule has 4 rings (SSSR count). The van der Waals surface area contributed by atoms with E-state index in [1.807, 2.05) is 54.4 Å². The number of amides is 1. The maximum absolute atomic E-state index is 13.4. The molecule has 3 aromatic rings. The summed E-state index contributed by atoms with van der Waals surface area (Å²) in [6, 6.07) is 31.4. The van der Waals surface area contributed by atoms with E-state index in [9.17, 15) is 14.4 Å². The predicted molar refractivity (Wildman–Crippen MR) is 164 cm³/mol. The summed E-state index contributed by atoms with van der Waals surface area (Å²) in [6.07, 6.45) is 2.88. The molecular formula is C34H40N2O7. The van der Waals surface area contributed by atoms with Crippen molar-refractivity contribution in [2.45, 2.75) is 49.0 Å². The Morgan fingerprint density at radius 3 is 1.42 bits per heavy atom. The van der Waals surface area contributed by atoms with Crippen molar-refractivity contribution in [3.63, 3.8) is 0 Å². The van der Waals surface area contributed by atoms with Crippen molar-refractivity contribution in [1.82, 2.24) is 9.80 Å². The van der Waals surface area contributed by atoms with Gasteiger partial charge in [0.25, 0.3) is 0 Å². The number of carboxylic acids is 2. The molecule has 43 heavy (non-hydrogen) atoms. The van der Waals surface area contributed by atoms with Crippen LogP contribution in [-0.4, -0.2) is 81.4 Å². The molecule has 0 heterocycles. The van der Waals surface area contributed by atoms with Gasteiger partial charge in [-0.3, -0.25) is 9.69 Å². The third-order valence-corrected chi connectivity index (χ3v) is 8.38. The average Bonchev–Trinajstić information content (AvgIpc) is 3.04. The van der Waals surface area contributed by atoms with Crippen molar-refractivity contribution in [2.24, 2.45) is 0 Å². The van der Waals surface area contributed by atoms with Crippen LogP contribution >= 0.6 is 0 Å². The number of carbonyl (C=O) groups excluding carboxylic acids is 1. The van der Waals surface area contributed by atoms with Crippen molar-refractivity contribution in [3.05, 3.63) is 114 Å². The highest BCUT2D eigenvalue weighted by molar-refractivity contribution is 5.92. The molecule has 0 radical (unpaired) electrons. The fourth-order valence-electron chi connectivity index (χ4n) is 5.71. The van der Waals surface area contributed by atoms with Crippen LogP contribution in [0.2, 0.25) is 0 Å². The highest BCUT2D eigenvalue weighted by atomic mass is 16.4. The van der Waals surface area contributed by atoms with Crippen LogP contribution in [0.5, 0.6) is 0 Å². The minimum atomic E-state index is -2.27. The molecule has 0 spiro atoms. The maximum Gasteiger partial charge on any atom is 0.335 e. The number of aliphatic hydroxyl groups is 2. The number of rotatable bonds is 9. The summed E-state index contributed by atoms with van der Waals surface area (Å²) in [6.45, 7) is 0. The molecule has 9 nitrogen and oxygen atoms in total. The van der Waals surface area contributed by atoms with E-state index in [0.29, 0.717) is 0 Å². The van der Waals surface area contributed by atoms with Crippen molar-refractivity contribution in [3.8, 4) is 0 Å². The number of likely N-dealkylation sites (N-methyl/N-ethyl adjacent to an activating group) is 1. The zero-order chi connectivity index (χ0) is 31.6. The summed E-state index contributed by atoms with van der Waals surface area (Å²) in [5.41, 5.74) is 3.26. The van der Waals surface area contributed by atoms with Gasteiger partial charge in [0.05, 0.1) is 5.54 Å². The normalized spacial score (nSPS) is 21.3. The Morgan fingerprint density at radius 1 is 0.651 bits per heavy atom. The molecule has 228 valence electrons. The number of hydrogen-bond donors (Lipinski definition) is 4. The highest BCUT2D eigenvalue weighted by Gasteiger charge is 2.48. The monoisotopic (exact) mass is 588 g/mol. The minimum Gasteiger partial charge on any atom is -0.479 e. The van der Waals surface area contributed by atoms with Crippen LogP contribution in [0.15, 0.2) is 97.1 Å². The first-order valence-electron chi connectivity index (χ1n) is 14.1. The number of aliphatic hydroxyl groups excluding tert-OH is 2. The third kappa shape index (κ3) is 7.75. The molecule has 0 aromatic heterocycles. The first-order chi connectivity index (χ1) is 20.4. The largest absolute Gasteiger partial charge is 0.479 e. The topological polar surface area (TPSA) is 139 Å². The molecular weight excluding hydrogens is 548 g/mol. The Balaban J connectivity index is 0.000000436. The first-order valence-corrected chi connectivity index (χ1v) is 14.1. The van der Waals surface area contributed by atoms with Gasteiger partial charge in [0.1, 0.15) is 0 Å². The third-order valence-electron chi connectivity index (χ3n) is 8.38. The summed E-state index contributed by atoms with van der Waals surface area (Å²) in [7, 11) is 6.33. The molecule has 0 bridgehead atoms. The fraction of sp³-hybridized carbons (Fsp3) is 0.324. The maximum atomic E-state index is 13.4. The molecule has 1 aliphatic rings. The molecule has 3 aromatic carbocycles. The van der Waals surface area contributed by atoms with Crippen molar-refractivity contribution in [2.75, 3.05) is 21.1 Å². The van der Waals surface area contributed by atoms with E-state index in [4.69, 9.17) is 20.4 Å². The summed E-state index contributed by atoms with van der Waals surface area (Å²) >= 11 is 0. The number of aliphatic carboxylic acids is 2. The quantitative estimate of drug-likeness (QED) is 0.276. The van der Waals surface area contributed by atoms with E-state index in [1.165, 1.54) is 11.1 Å². The lowest BCUT2D eigenvalue weighted by molar-refractivity contribution is -0.165. The van der Waals surface area contributed by atoms with Gasteiger partial charge in [-0.25, -0.2) is 9.59 Å². The van der Waals surface area contributed by atoms with Gasteiger partial charge in [-0.2, -0.15) is 0 Å². The van der Waals surface area contributed by atoms with Crippen molar-refractivity contribution >= 4 is 23.9 Å². The van der Waals surface area contributed by atoms with Gasteiger partial charge in [0.15, 0.2) is 12.2 Å². The lowest BCUT2D eigenvalue weighted by atomic mass is 9.66. The van der Waals surface area contributed by atoms with E-state index in [2.05, 4.69) is 73.6 Å². The van der Waals surface area contributed by atoms with Crippen LogP contribution in [0.1, 0.15) is 42.4 Å². The van der Waals surface area contributed by atoms with Crippen LogP contribution < -0.4 is 0 Å². The molecule has 1 amide bonds. The Morgan fingerprint density at radius 2 is 1.02 bits per heavy atom. The molecule has 2 atom stereocenters. The Labute approximate surface area is 252 Å². The summed E-state index contributed by atoms with van der Waals surface area (Å²) in [4.78, 5) is 37.3. The van der Waals surface area contributed by atoms with Gasteiger partial charge in [0, 0.05) is 18.7 Å². The summed E-state index contributed by atoms with van der Waals surface area (Å²) < 4.78 is 0. The Hall–Kier alpha value is -4.31. The molecule has 0 aliphatic heterocycles. The molecule has 4 N–H and O–H groups in total. The first kappa shape index (κ1) is 33.2. The van der Waals surface area contributed by atoms with Crippen molar-refractivity contribution in [1.29, 1.82) is 0 Å². The number of nitrogens with zero attached hydrogens (tertiary/aromatic N) is 2. The predicted octanol–water partition coefficient (Wildman–Crippen LogP) is 3.96. The van der Waals surface area contributed by atoms with Gasteiger partial charge in [-0.15, -0.1) is 0 Å². The lowest BCUT2D eigenvalue weighted by Crippen LogP contribution is -2.54. The second kappa shape index (κ2) is 14.7. The number of hydrogen-bond acceptors (Lipinski definition) is 6. The second-order valence-corrected chi connectivity index (χ2v) is 10.9. The zero-order valence-corrected chi connectivity index (χ0v) is 24.7. The number of benzene rings is 3. The van der Waals surface area contributed by atoms with E-state index in [-0.39, 0.29) is 17.0 Å². The summed E-state index contributed by atoms with van der Waals surface area (Å²) in [5, 5.41) is 32.5. The standard InChI is InChI=1S/C30H34N2O.C4H6O6/c1-31(2)29(26-15-9-5-10-16-26)21-23-30(24-22-29,27-17-11-6-12-18-27)32(3)28(33)20-19-25-13-7-4-8-14-25;5-1(3(7)8)2(6)4(9)10/h4-20H,21-24H2,1-3H3;1-2,5-6H,(H,7,8)(H,9,10)/b20-19+;/t;1-,2-/m.0/s1. The lowest BCUT2D eigenvalue weighted by Gasteiger charge is -2.53. The van der Waals surface area contributed by atoms with Gasteiger partial charge in [0.2, 0.25) is 5.91 Å². The Kier molecular flexibility index (Phi) is 11.4. The van der Waals surface area contributed by atoms with Gasteiger partial charge >= 0.3 is 11.9 Å². The average molecular weight is 589 g/mol. The van der Waals surface area contributed by atoms with Crippen LogP contribution in [0.3, 0.4) is 0 Å². The summed E-state index contributed by atoms with van der Waals surface area (Å²) in [5.74, 6) is -3.50. The second-order valence-electron chi connectivity index (χ2n) is 10.9. The van der Waals surface area contributed by atoms with Gasteiger partial charge in [-0.1, -0.05) is 91.0 Å². The van der Waals surface area contributed by atoms with Gasteiger partial charge in [-0.05, 0) is 62.5 Å². The van der Waals surface area contributed by atoms with E-state index in [1.54, 1.807) is 6.08 Å². The molecule has 1 fully saturated rings. The zero-order valence-electron chi connectivity index (χ0n) is 24.7. The SMILES string of the molecule is CN(C)C1(c2ccccc2)CCC(c2ccccc2)(N(C)C(=O)/C=C/c2ccccc2)CC1.O=C(O)[C@@H](O)[C@H](O)C(=O)O. The highest BCUT2D eigenvalue weighted by Crippen LogP contribution is 2.50. The van der Waals surface area contributed by atoms with E-state index in [0.717, 1.165) is 31.2 Å². The Bertz CT molecular complexity index is 1350. The fourth-order valence-corrected chi connectivity index (χ4v) is 5.71. The number of carbonyl (C=O) groups is 3. The molecule has 1 saturated carbocycles. The van der Waals surface area contributed by atoms with Crippen LogP contribution in [0, 0.1) is 0 Å². The van der Waals surface area contributed by atoms with E-state index < -0.39 is 24.1 Å².